The van der Waals surface area contributed by atoms with Crippen LogP contribution in [0, 0.1) is 12.8 Å². The SMILES string of the molecule is Cc1ccc(S(=O)(=O)N[C@H]2C[C@H]3CO[C@@H](C4CC4)CN3C2)cc1Cl. The zero-order chi connectivity index (χ0) is 16.9. The fourth-order valence-electron chi connectivity index (χ4n) is 3.77. The van der Waals surface area contributed by atoms with Gasteiger partial charge in [-0.2, -0.15) is 0 Å². The molecule has 1 aliphatic carbocycles. The number of nitrogens with zero attached hydrogens (tertiary/aromatic N) is 1. The highest BCUT2D eigenvalue weighted by Crippen LogP contribution is 2.38. The van der Waals surface area contributed by atoms with Crippen LogP contribution in [0.1, 0.15) is 24.8 Å². The number of halogens is 1. The smallest absolute Gasteiger partial charge is 0.240 e. The maximum absolute atomic E-state index is 12.6. The van der Waals surface area contributed by atoms with Gasteiger partial charge in [0.25, 0.3) is 0 Å². The van der Waals surface area contributed by atoms with Crippen LogP contribution in [-0.4, -0.2) is 51.2 Å². The lowest BCUT2D eigenvalue weighted by atomic mass is 10.1. The van der Waals surface area contributed by atoms with Crippen LogP contribution in [0.5, 0.6) is 0 Å². The Labute approximate surface area is 148 Å². The van der Waals surface area contributed by atoms with Crippen molar-refractivity contribution in [3.8, 4) is 0 Å². The van der Waals surface area contributed by atoms with Crippen LogP contribution in [0.15, 0.2) is 23.1 Å². The highest BCUT2D eigenvalue weighted by molar-refractivity contribution is 7.89. The van der Waals surface area contributed by atoms with Crippen molar-refractivity contribution >= 4 is 21.6 Å². The number of hydrogen-bond donors (Lipinski definition) is 1. The summed E-state index contributed by atoms with van der Waals surface area (Å²) in [5, 5.41) is 0.474. The van der Waals surface area contributed by atoms with E-state index in [1.54, 1.807) is 12.1 Å². The molecule has 3 aliphatic rings. The average molecular weight is 371 g/mol. The van der Waals surface area contributed by atoms with Crippen molar-refractivity contribution in [2.24, 2.45) is 5.92 Å². The van der Waals surface area contributed by atoms with Gasteiger partial charge in [0.1, 0.15) is 0 Å². The summed E-state index contributed by atoms with van der Waals surface area (Å²) in [7, 11) is -3.55. The molecule has 0 unspecified atom stereocenters. The summed E-state index contributed by atoms with van der Waals surface area (Å²) in [6.45, 7) is 4.27. The molecule has 1 aromatic rings. The van der Waals surface area contributed by atoms with Crippen molar-refractivity contribution in [3.05, 3.63) is 28.8 Å². The van der Waals surface area contributed by atoms with Crippen molar-refractivity contribution in [2.45, 2.75) is 49.3 Å². The van der Waals surface area contributed by atoms with Gasteiger partial charge in [0, 0.05) is 30.2 Å². The van der Waals surface area contributed by atoms with Crippen molar-refractivity contribution in [1.82, 2.24) is 9.62 Å². The van der Waals surface area contributed by atoms with Crippen LogP contribution in [0.4, 0.5) is 0 Å². The lowest BCUT2D eigenvalue weighted by Gasteiger charge is -2.35. The van der Waals surface area contributed by atoms with Gasteiger partial charge in [0.05, 0.1) is 17.6 Å². The van der Waals surface area contributed by atoms with E-state index < -0.39 is 10.0 Å². The van der Waals surface area contributed by atoms with E-state index in [0.29, 0.717) is 17.2 Å². The number of benzene rings is 1. The van der Waals surface area contributed by atoms with Crippen LogP contribution in [0.25, 0.3) is 0 Å². The number of hydrogen-bond acceptors (Lipinski definition) is 4. The third kappa shape index (κ3) is 3.35. The van der Waals surface area contributed by atoms with Crippen LogP contribution >= 0.6 is 11.6 Å². The van der Waals surface area contributed by atoms with Crippen molar-refractivity contribution in [1.29, 1.82) is 0 Å². The number of fused-ring (bicyclic) bond motifs is 1. The van der Waals surface area contributed by atoms with Gasteiger partial charge in [0.2, 0.25) is 10.0 Å². The van der Waals surface area contributed by atoms with Gasteiger partial charge in [0.15, 0.2) is 0 Å². The number of sulfonamides is 1. The number of rotatable bonds is 4. The Hall–Kier alpha value is -0.660. The Bertz CT molecular complexity index is 735. The van der Waals surface area contributed by atoms with E-state index in [9.17, 15) is 8.42 Å². The molecule has 5 nitrogen and oxygen atoms in total. The van der Waals surface area contributed by atoms with Crippen LogP contribution < -0.4 is 4.72 Å². The lowest BCUT2D eigenvalue weighted by Crippen LogP contribution is -2.47. The molecule has 3 fully saturated rings. The first-order valence-electron chi connectivity index (χ1n) is 8.56. The molecule has 1 aromatic carbocycles. The molecule has 1 N–H and O–H groups in total. The number of morpholine rings is 1. The summed E-state index contributed by atoms with van der Waals surface area (Å²) in [5.74, 6) is 0.719. The van der Waals surface area contributed by atoms with Crippen molar-refractivity contribution in [3.63, 3.8) is 0 Å². The fraction of sp³-hybridized carbons (Fsp3) is 0.647. The minimum absolute atomic E-state index is 0.0679. The number of ether oxygens (including phenoxy) is 1. The monoisotopic (exact) mass is 370 g/mol. The van der Waals surface area contributed by atoms with Crippen molar-refractivity contribution in [2.75, 3.05) is 19.7 Å². The summed E-state index contributed by atoms with van der Waals surface area (Å²) in [5.41, 5.74) is 0.872. The molecular weight excluding hydrogens is 348 g/mol. The van der Waals surface area contributed by atoms with Gasteiger partial charge in [-0.05, 0) is 49.8 Å². The van der Waals surface area contributed by atoms with Gasteiger partial charge in [-0.25, -0.2) is 13.1 Å². The molecule has 0 spiro atoms. The molecule has 2 aliphatic heterocycles. The van der Waals surface area contributed by atoms with Gasteiger partial charge < -0.3 is 4.74 Å². The molecule has 7 heteroatoms. The summed E-state index contributed by atoms with van der Waals surface area (Å²) >= 11 is 6.07. The molecule has 4 rings (SSSR count). The first-order chi connectivity index (χ1) is 11.4. The maximum Gasteiger partial charge on any atom is 0.240 e. The molecular formula is C17H23ClN2O3S. The van der Waals surface area contributed by atoms with Gasteiger partial charge in [-0.1, -0.05) is 17.7 Å². The van der Waals surface area contributed by atoms with Gasteiger partial charge >= 0.3 is 0 Å². The second-order valence-electron chi connectivity index (χ2n) is 7.28. The molecule has 2 saturated heterocycles. The van der Waals surface area contributed by atoms with Crippen molar-refractivity contribution < 1.29 is 13.2 Å². The first-order valence-corrected chi connectivity index (χ1v) is 10.4. The van der Waals surface area contributed by atoms with E-state index in [1.165, 1.54) is 18.9 Å². The molecule has 132 valence electrons. The fourth-order valence-corrected chi connectivity index (χ4v) is 5.28. The summed E-state index contributed by atoms with van der Waals surface area (Å²) in [4.78, 5) is 2.62. The first kappa shape index (κ1) is 16.8. The van der Waals surface area contributed by atoms with E-state index in [-0.39, 0.29) is 10.9 Å². The second-order valence-corrected chi connectivity index (χ2v) is 9.40. The Morgan fingerprint density at radius 1 is 1.29 bits per heavy atom. The van der Waals surface area contributed by atoms with E-state index in [2.05, 4.69) is 9.62 Å². The predicted octanol–water partition coefficient (Wildman–Crippen LogP) is 2.18. The summed E-state index contributed by atoms with van der Waals surface area (Å²) in [6, 6.07) is 5.13. The minimum atomic E-state index is -3.55. The molecule has 0 radical (unpaired) electrons. The van der Waals surface area contributed by atoms with Crippen LogP contribution in [-0.2, 0) is 14.8 Å². The van der Waals surface area contributed by atoms with E-state index in [4.69, 9.17) is 16.3 Å². The molecule has 0 aromatic heterocycles. The highest BCUT2D eigenvalue weighted by atomic mass is 35.5. The zero-order valence-electron chi connectivity index (χ0n) is 13.7. The standard InChI is InChI=1S/C17H23ClN2O3S/c1-11-2-5-15(7-16(11)18)24(21,22)19-13-6-14-10-23-17(12-3-4-12)9-20(14)8-13/h2,5,7,12-14,17,19H,3-4,6,8-10H2,1H3/t13-,14-,17+/m0/s1. The van der Waals surface area contributed by atoms with E-state index in [0.717, 1.165) is 37.6 Å². The Balaban J connectivity index is 1.42. The lowest BCUT2D eigenvalue weighted by molar-refractivity contribution is -0.0581. The van der Waals surface area contributed by atoms with E-state index in [1.807, 2.05) is 6.92 Å². The normalized spacial score (nSPS) is 31.2. The van der Waals surface area contributed by atoms with Crippen LogP contribution in [0.3, 0.4) is 0 Å². The molecule has 0 amide bonds. The Morgan fingerprint density at radius 2 is 2.08 bits per heavy atom. The minimum Gasteiger partial charge on any atom is -0.375 e. The molecule has 24 heavy (non-hydrogen) atoms. The van der Waals surface area contributed by atoms with E-state index >= 15 is 0 Å². The Kier molecular flexibility index (Phi) is 4.37. The zero-order valence-corrected chi connectivity index (χ0v) is 15.3. The summed E-state index contributed by atoms with van der Waals surface area (Å²) in [6.07, 6.45) is 3.68. The third-order valence-electron chi connectivity index (χ3n) is 5.37. The average Bonchev–Trinajstić information content (AvgIpc) is 3.30. The summed E-state index contributed by atoms with van der Waals surface area (Å²) < 4.78 is 34.1. The molecule has 1 saturated carbocycles. The second kappa shape index (κ2) is 6.25. The van der Waals surface area contributed by atoms with Crippen LogP contribution in [0.2, 0.25) is 5.02 Å². The topological polar surface area (TPSA) is 58.6 Å². The molecule has 2 heterocycles. The highest BCUT2D eigenvalue weighted by Gasteiger charge is 2.43. The predicted molar refractivity (Wildman–Crippen MR) is 92.7 cm³/mol. The molecule has 3 atom stereocenters. The maximum atomic E-state index is 12.6. The largest absolute Gasteiger partial charge is 0.375 e. The third-order valence-corrected chi connectivity index (χ3v) is 7.29. The number of nitrogens with one attached hydrogen (secondary N) is 1. The van der Waals surface area contributed by atoms with Gasteiger partial charge in [-0.3, -0.25) is 4.90 Å². The molecule has 0 bridgehead atoms. The number of aryl methyl sites for hydroxylation is 1. The Morgan fingerprint density at radius 3 is 2.79 bits per heavy atom. The van der Waals surface area contributed by atoms with Gasteiger partial charge in [-0.15, -0.1) is 0 Å². The quantitative estimate of drug-likeness (QED) is 0.882.